The number of hydrogen-bond acceptors (Lipinski definition) is 3. The molecule has 2 rings (SSSR count). The summed E-state index contributed by atoms with van der Waals surface area (Å²) in [5, 5.41) is 8.73. The second-order valence-electron chi connectivity index (χ2n) is 5.75. The van der Waals surface area contributed by atoms with Crippen molar-refractivity contribution in [3.05, 3.63) is 71.0 Å². The predicted molar refractivity (Wildman–Crippen MR) is 101 cm³/mol. The van der Waals surface area contributed by atoms with Gasteiger partial charge in [0.15, 0.2) is 5.96 Å². The molecule has 142 valence electrons. The van der Waals surface area contributed by atoms with Crippen LogP contribution in [0.4, 0.5) is 4.39 Å². The number of amides is 2. The number of carbonyl (C=O) groups is 2. The number of rotatable bonds is 7. The van der Waals surface area contributed by atoms with Gasteiger partial charge in [0.05, 0.1) is 6.54 Å². The van der Waals surface area contributed by atoms with Crippen molar-refractivity contribution in [1.29, 1.82) is 0 Å². The van der Waals surface area contributed by atoms with E-state index < -0.39 is 5.91 Å². The normalized spacial score (nSPS) is 11.0. The van der Waals surface area contributed by atoms with Crippen LogP contribution in [0.1, 0.15) is 21.5 Å². The lowest BCUT2D eigenvalue weighted by Crippen LogP contribution is -2.36. The minimum absolute atomic E-state index is 0.196. The predicted octanol–water partition coefficient (Wildman–Crippen LogP) is 0.906. The van der Waals surface area contributed by atoms with E-state index in [9.17, 15) is 14.0 Å². The average molecular weight is 371 g/mol. The minimum atomic E-state index is -0.594. The number of primary amides is 1. The van der Waals surface area contributed by atoms with E-state index in [-0.39, 0.29) is 18.3 Å². The van der Waals surface area contributed by atoms with Gasteiger partial charge in [-0.2, -0.15) is 0 Å². The van der Waals surface area contributed by atoms with E-state index in [2.05, 4.69) is 20.9 Å². The molecule has 2 aromatic rings. The molecule has 0 saturated heterocycles. The SMILES string of the molecule is CN=C(NCc1ccc(F)cc1)NCc1ccc(C(=O)NCC(N)=O)cc1. The molecule has 7 nitrogen and oxygen atoms in total. The van der Waals surface area contributed by atoms with E-state index in [4.69, 9.17) is 5.73 Å². The first-order valence-corrected chi connectivity index (χ1v) is 8.32. The highest BCUT2D eigenvalue weighted by molar-refractivity contribution is 5.96. The van der Waals surface area contributed by atoms with Gasteiger partial charge in [0.25, 0.3) is 5.91 Å². The van der Waals surface area contributed by atoms with E-state index >= 15 is 0 Å². The van der Waals surface area contributed by atoms with Crippen LogP contribution in [0, 0.1) is 5.82 Å². The summed E-state index contributed by atoms with van der Waals surface area (Å²) in [7, 11) is 1.66. The zero-order valence-corrected chi connectivity index (χ0v) is 15.0. The summed E-state index contributed by atoms with van der Waals surface area (Å²) in [6, 6.07) is 13.2. The van der Waals surface area contributed by atoms with E-state index in [1.54, 1.807) is 43.4 Å². The molecule has 0 aliphatic carbocycles. The average Bonchev–Trinajstić information content (AvgIpc) is 2.68. The van der Waals surface area contributed by atoms with Crippen molar-refractivity contribution in [2.75, 3.05) is 13.6 Å². The van der Waals surface area contributed by atoms with Crippen molar-refractivity contribution in [2.45, 2.75) is 13.1 Å². The summed E-state index contributed by atoms with van der Waals surface area (Å²) >= 11 is 0. The summed E-state index contributed by atoms with van der Waals surface area (Å²) < 4.78 is 12.9. The van der Waals surface area contributed by atoms with Gasteiger partial charge in [-0.1, -0.05) is 24.3 Å². The van der Waals surface area contributed by atoms with Crippen LogP contribution in [-0.2, 0) is 17.9 Å². The number of guanidine groups is 1. The van der Waals surface area contributed by atoms with Crippen molar-refractivity contribution < 1.29 is 14.0 Å². The lowest BCUT2D eigenvalue weighted by atomic mass is 10.1. The minimum Gasteiger partial charge on any atom is -0.368 e. The standard InChI is InChI=1S/C19H22FN5O2/c1-22-19(25-11-14-4-8-16(20)9-5-14)24-10-13-2-6-15(7-3-13)18(27)23-12-17(21)26/h2-9H,10-12H2,1H3,(H2,21,26)(H,23,27)(H2,22,24,25). The Kier molecular flexibility index (Phi) is 7.30. The third-order valence-electron chi connectivity index (χ3n) is 3.70. The zero-order chi connectivity index (χ0) is 19.6. The maximum atomic E-state index is 12.9. The fraction of sp³-hybridized carbons (Fsp3) is 0.211. The van der Waals surface area contributed by atoms with Gasteiger partial charge in [-0.05, 0) is 35.4 Å². The molecule has 2 amide bonds. The summed E-state index contributed by atoms with van der Waals surface area (Å²) in [6.45, 7) is 0.823. The molecule has 0 aliphatic rings. The van der Waals surface area contributed by atoms with Crippen molar-refractivity contribution >= 4 is 17.8 Å². The highest BCUT2D eigenvalue weighted by atomic mass is 19.1. The molecule has 0 bridgehead atoms. The molecular weight excluding hydrogens is 349 g/mol. The molecule has 0 atom stereocenters. The van der Waals surface area contributed by atoms with Gasteiger partial charge in [0.1, 0.15) is 5.82 Å². The number of nitrogens with one attached hydrogen (secondary N) is 3. The molecule has 0 spiro atoms. The van der Waals surface area contributed by atoms with Gasteiger partial charge < -0.3 is 21.7 Å². The zero-order valence-electron chi connectivity index (χ0n) is 15.0. The number of carbonyl (C=O) groups excluding carboxylic acids is 2. The van der Waals surface area contributed by atoms with Crippen molar-refractivity contribution in [3.63, 3.8) is 0 Å². The first-order valence-electron chi connectivity index (χ1n) is 8.32. The van der Waals surface area contributed by atoms with Gasteiger partial charge in [0, 0.05) is 25.7 Å². The number of nitrogens with two attached hydrogens (primary N) is 1. The van der Waals surface area contributed by atoms with E-state index in [1.165, 1.54) is 12.1 Å². The van der Waals surface area contributed by atoms with Crippen LogP contribution in [0.25, 0.3) is 0 Å². The van der Waals surface area contributed by atoms with Crippen LogP contribution in [0.5, 0.6) is 0 Å². The number of benzene rings is 2. The van der Waals surface area contributed by atoms with Crippen molar-refractivity contribution in [3.8, 4) is 0 Å². The third-order valence-corrected chi connectivity index (χ3v) is 3.70. The van der Waals surface area contributed by atoms with Crippen LogP contribution in [0.3, 0.4) is 0 Å². The molecular formula is C19H22FN5O2. The third kappa shape index (κ3) is 6.77. The largest absolute Gasteiger partial charge is 0.368 e. The Morgan fingerprint density at radius 3 is 1.93 bits per heavy atom. The number of aliphatic imine (C=N–C) groups is 1. The summed E-state index contributed by atoms with van der Waals surface area (Å²) in [5.74, 6) is -0.621. The van der Waals surface area contributed by atoms with Crippen LogP contribution in [0.15, 0.2) is 53.5 Å². The molecule has 0 aliphatic heterocycles. The first kappa shape index (κ1) is 19.9. The number of nitrogens with zero attached hydrogens (tertiary/aromatic N) is 1. The molecule has 8 heteroatoms. The molecule has 5 N–H and O–H groups in total. The Morgan fingerprint density at radius 2 is 1.44 bits per heavy atom. The molecule has 27 heavy (non-hydrogen) atoms. The second-order valence-corrected chi connectivity index (χ2v) is 5.75. The second kappa shape index (κ2) is 9.91. The van der Waals surface area contributed by atoms with Gasteiger partial charge >= 0.3 is 0 Å². The van der Waals surface area contributed by atoms with Crippen LogP contribution >= 0.6 is 0 Å². The Bertz CT molecular complexity index is 804. The van der Waals surface area contributed by atoms with Crippen molar-refractivity contribution in [1.82, 2.24) is 16.0 Å². The van der Waals surface area contributed by atoms with E-state index in [0.717, 1.165) is 11.1 Å². The Labute approximate surface area is 156 Å². The smallest absolute Gasteiger partial charge is 0.251 e. The molecule has 2 aromatic carbocycles. The fourth-order valence-electron chi connectivity index (χ4n) is 2.24. The molecule has 0 aromatic heterocycles. The first-order chi connectivity index (χ1) is 13.0. The Morgan fingerprint density at radius 1 is 0.926 bits per heavy atom. The number of hydrogen-bond donors (Lipinski definition) is 4. The van der Waals surface area contributed by atoms with Crippen LogP contribution in [0.2, 0.25) is 0 Å². The van der Waals surface area contributed by atoms with Gasteiger partial charge in [-0.3, -0.25) is 14.6 Å². The topological polar surface area (TPSA) is 109 Å². The van der Waals surface area contributed by atoms with E-state index in [1.807, 2.05) is 0 Å². The molecule has 0 heterocycles. The van der Waals surface area contributed by atoms with Gasteiger partial charge in [0.2, 0.25) is 5.91 Å². The van der Waals surface area contributed by atoms with Gasteiger partial charge in [-0.15, -0.1) is 0 Å². The highest BCUT2D eigenvalue weighted by Gasteiger charge is 2.06. The maximum Gasteiger partial charge on any atom is 0.251 e. The van der Waals surface area contributed by atoms with E-state index in [0.29, 0.717) is 24.6 Å². The monoisotopic (exact) mass is 371 g/mol. The quantitative estimate of drug-likeness (QED) is 0.428. The van der Waals surface area contributed by atoms with Crippen LogP contribution < -0.4 is 21.7 Å². The Hall–Kier alpha value is -3.42. The van der Waals surface area contributed by atoms with Crippen LogP contribution in [-0.4, -0.2) is 31.4 Å². The molecule has 0 unspecified atom stereocenters. The fourth-order valence-corrected chi connectivity index (χ4v) is 2.24. The highest BCUT2D eigenvalue weighted by Crippen LogP contribution is 2.05. The lowest BCUT2D eigenvalue weighted by Gasteiger charge is -2.12. The molecule has 0 radical (unpaired) electrons. The van der Waals surface area contributed by atoms with Crippen molar-refractivity contribution in [2.24, 2.45) is 10.7 Å². The maximum absolute atomic E-state index is 12.9. The van der Waals surface area contributed by atoms with Gasteiger partial charge in [-0.25, -0.2) is 4.39 Å². The summed E-state index contributed by atoms with van der Waals surface area (Å²) in [4.78, 5) is 26.7. The summed E-state index contributed by atoms with van der Waals surface area (Å²) in [5.41, 5.74) is 7.33. The summed E-state index contributed by atoms with van der Waals surface area (Å²) in [6.07, 6.45) is 0. The number of halogens is 1. The molecule has 0 saturated carbocycles. The lowest BCUT2D eigenvalue weighted by molar-refractivity contribution is -0.117. The molecule has 0 fully saturated rings. The Balaban J connectivity index is 1.82.